The second kappa shape index (κ2) is 18.6. The van der Waals surface area contributed by atoms with Crippen molar-refractivity contribution in [1.82, 2.24) is 15.6 Å². The van der Waals surface area contributed by atoms with Crippen LogP contribution in [0.25, 0.3) is 0 Å². The summed E-state index contributed by atoms with van der Waals surface area (Å²) in [5, 5.41) is 4.90. The molecule has 1 aliphatic rings. The van der Waals surface area contributed by atoms with Gasteiger partial charge in [0, 0.05) is 12.4 Å². The molecule has 2 N–H and O–H groups in total. The van der Waals surface area contributed by atoms with Crippen LogP contribution >= 0.6 is 0 Å². The molecule has 0 radical (unpaired) electrons. The van der Waals surface area contributed by atoms with E-state index in [0.29, 0.717) is 19.4 Å². The lowest BCUT2D eigenvalue weighted by atomic mass is 9.93. The SMILES string of the molecule is CC(C)CC(NC(=O)CNC=O)C(=O)C1(C)CO1.CC(CCc1ccccc1)Cc1ccccc1.Cc1ccncc1. The molecule has 4 rings (SSSR count). The summed E-state index contributed by atoms with van der Waals surface area (Å²) in [6.45, 7) is 10.3. The largest absolute Gasteiger partial charge is 0.361 e. The second-order valence-corrected chi connectivity index (χ2v) is 11.5. The molecule has 2 amide bonds. The number of benzene rings is 2. The number of amides is 2. The summed E-state index contributed by atoms with van der Waals surface area (Å²) in [6, 6.07) is 24.9. The Morgan fingerprint density at radius 2 is 1.52 bits per heavy atom. The molecule has 3 unspecified atom stereocenters. The van der Waals surface area contributed by atoms with Crippen LogP contribution in [0.2, 0.25) is 0 Å². The summed E-state index contributed by atoms with van der Waals surface area (Å²) in [7, 11) is 0. The highest BCUT2D eigenvalue weighted by Gasteiger charge is 2.50. The third-order valence-electron chi connectivity index (χ3n) is 6.85. The molecule has 226 valence electrons. The molecule has 7 heteroatoms. The van der Waals surface area contributed by atoms with Gasteiger partial charge >= 0.3 is 0 Å². The van der Waals surface area contributed by atoms with Gasteiger partial charge in [0.15, 0.2) is 5.78 Å². The normalized spacial score (nSPS) is 16.4. The van der Waals surface area contributed by atoms with E-state index in [1.54, 1.807) is 19.3 Å². The van der Waals surface area contributed by atoms with Crippen LogP contribution < -0.4 is 10.6 Å². The number of ketones is 1. The Labute approximate surface area is 251 Å². The standard InChI is InChI=1S/C17H20.C12H20N2O4.C6H7N/c1-15(14-17-10-6-3-7-11-17)12-13-16-8-4-2-5-9-16;1-8(2)4-9(11(17)12(3)6-18-12)14-10(16)5-13-7-15;1-6-2-4-7-5-3-6/h2-11,15H,12-14H2,1H3;7-9H,4-6H2,1-3H3,(H,13,15)(H,14,16);2-5H,1H3. The van der Waals surface area contributed by atoms with Crippen LogP contribution in [-0.2, 0) is 32.0 Å². The monoisotopic (exact) mass is 573 g/mol. The number of hydrogen-bond donors (Lipinski definition) is 2. The van der Waals surface area contributed by atoms with Crippen LogP contribution in [0.1, 0.15) is 57.2 Å². The lowest BCUT2D eigenvalue weighted by Gasteiger charge is -2.21. The number of carbonyl (C=O) groups is 3. The topological polar surface area (TPSA) is 101 Å². The second-order valence-electron chi connectivity index (χ2n) is 11.5. The van der Waals surface area contributed by atoms with E-state index in [1.807, 2.05) is 32.9 Å². The van der Waals surface area contributed by atoms with Crippen LogP contribution in [0, 0.1) is 18.8 Å². The van der Waals surface area contributed by atoms with E-state index >= 15 is 0 Å². The van der Waals surface area contributed by atoms with Gasteiger partial charge in [-0.1, -0.05) is 81.4 Å². The Bertz CT molecular complexity index is 1180. The number of rotatable bonds is 13. The minimum absolute atomic E-state index is 0.101. The van der Waals surface area contributed by atoms with E-state index in [1.165, 1.54) is 36.0 Å². The molecule has 2 heterocycles. The zero-order valence-corrected chi connectivity index (χ0v) is 25.7. The molecule has 1 fully saturated rings. The zero-order valence-electron chi connectivity index (χ0n) is 25.7. The Hall–Kier alpha value is -3.84. The fourth-order valence-electron chi connectivity index (χ4n) is 4.30. The van der Waals surface area contributed by atoms with Gasteiger partial charge in [0.1, 0.15) is 5.60 Å². The Balaban J connectivity index is 0.000000239. The van der Waals surface area contributed by atoms with Crippen LogP contribution in [0.15, 0.2) is 85.2 Å². The minimum Gasteiger partial charge on any atom is -0.361 e. The number of aryl methyl sites for hydroxylation is 2. The van der Waals surface area contributed by atoms with E-state index < -0.39 is 11.6 Å². The third kappa shape index (κ3) is 14.2. The van der Waals surface area contributed by atoms with Gasteiger partial charge < -0.3 is 15.4 Å². The molecule has 1 saturated heterocycles. The van der Waals surface area contributed by atoms with Gasteiger partial charge in [0.25, 0.3) is 0 Å². The summed E-state index contributed by atoms with van der Waals surface area (Å²) in [6.07, 6.45) is 8.22. The lowest BCUT2D eigenvalue weighted by Crippen LogP contribution is -2.48. The minimum atomic E-state index is -0.745. The van der Waals surface area contributed by atoms with E-state index in [0.717, 1.165) is 5.92 Å². The quantitative estimate of drug-likeness (QED) is 0.208. The third-order valence-corrected chi connectivity index (χ3v) is 6.85. The van der Waals surface area contributed by atoms with Gasteiger partial charge in [-0.3, -0.25) is 19.4 Å². The molecule has 3 aromatic rings. The Morgan fingerprint density at radius 1 is 0.952 bits per heavy atom. The number of ether oxygens (including phenoxy) is 1. The van der Waals surface area contributed by atoms with Crippen molar-refractivity contribution in [2.45, 2.75) is 71.9 Å². The molecule has 1 aliphatic heterocycles. The molecule has 3 atom stereocenters. The first-order valence-corrected chi connectivity index (χ1v) is 14.7. The molecule has 0 aliphatic carbocycles. The Kier molecular flexibility index (Phi) is 15.2. The molecular weight excluding hydrogens is 526 g/mol. The number of epoxide rings is 1. The average molecular weight is 574 g/mol. The van der Waals surface area contributed by atoms with Gasteiger partial charge in [-0.2, -0.15) is 0 Å². The highest BCUT2D eigenvalue weighted by molar-refractivity contribution is 5.96. The van der Waals surface area contributed by atoms with Crippen molar-refractivity contribution < 1.29 is 19.1 Å². The molecule has 7 nitrogen and oxygen atoms in total. The van der Waals surface area contributed by atoms with Gasteiger partial charge in [-0.25, -0.2) is 0 Å². The van der Waals surface area contributed by atoms with Gasteiger partial charge in [0.2, 0.25) is 12.3 Å². The van der Waals surface area contributed by atoms with E-state index in [2.05, 4.69) is 83.2 Å². The molecule has 1 aromatic heterocycles. The van der Waals surface area contributed by atoms with Crippen molar-refractivity contribution in [3.63, 3.8) is 0 Å². The first-order valence-electron chi connectivity index (χ1n) is 14.7. The van der Waals surface area contributed by atoms with Crippen molar-refractivity contribution >= 4 is 18.1 Å². The summed E-state index contributed by atoms with van der Waals surface area (Å²) in [5.41, 5.74) is 3.42. The van der Waals surface area contributed by atoms with Gasteiger partial charge in [-0.05, 0) is 80.2 Å². The Morgan fingerprint density at radius 3 is 2.00 bits per heavy atom. The molecule has 2 aromatic carbocycles. The fraction of sp³-hybridized carbons (Fsp3) is 0.429. The van der Waals surface area contributed by atoms with Gasteiger partial charge in [-0.15, -0.1) is 0 Å². The maximum atomic E-state index is 12.1. The van der Waals surface area contributed by atoms with Crippen LogP contribution in [0.3, 0.4) is 0 Å². The van der Waals surface area contributed by atoms with Crippen molar-refractivity contribution in [2.24, 2.45) is 11.8 Å². The first-order chi connectivity index (χ1) is 20.1. The number of hydrogen-bond acceptors (Lipinski definition) is 5. The number of carbonyl (C=O) groups excluding carboxylic acids is 3. The maximum absolute atomic E-state index is 12.1. The number of Topliss-reactive ketones (excluding diaryl/α,β-unsaturated/α-hetero) is 1. The lowest BCUT2D eigenvalue weighted by molar-refractivity contribution is -0.130. The van der Waals surface area contributed by atoms with E-state index in [4.69, 9.17) is 4.74 Å². The van der Waals surface area contributed by atoms with E-state index in [9.17, 15) is 14.4 Å². The van der Waals surface area contributed by atoms with Gasteiger partial charge in [0.05, 0.1) is 19.2 Å². The van der Waals surface area contributed by atoms with Crippen LogP contribution in [-0.4, -0.2) is 47.9 Å². The number of pyridine rings is 1. The smallest absolute Gasteiger partial charge is 0.239 e. The van der Waals surface area contributed by atoms with Crippen molar-refractivity contribution in [2.75, 3.05) is 13.2 Å². The highest BCUT2D eigenvalue weighted by Crippen LogP contribution is 2.29. The predicted octanol–water partition coefficient (Wildman–Crippen LogP) is 5.51. The first kappa shape index (κ1) is 34.4. The molecule has 0 saturated carbocycles. The maximum Gasteiger partial charge on any atom is 0.239 e. The summed E-state index contributed by atoms with van der Waals surface area (Å²) in [4.78, 5) is 37.6. The molecule has 0 bridgehead atoms. The van der Waals surface area contributed by atoms with E-state index in [-0.39, 0.29) is 24.2 Å². The predicted molar refractivity (Wildman–Crippen MR) is 168 cm³/mol. The molecule has 0 spiro atoms. The summed E-state index contributed by atoms with van der Waals surface area (Å²) < 4.78 is 5.11. The summed E-state index contributed by atoms with van der Waals surface area (Å²) in [5.74, 6) is 0.555. The van der Waals surface area contributed by atoms with Crippen molar-refractivity contribution in [1.29, 1.82) is 0 Å². The zero-order chi connectivity index (χ0) is 30.8. The number of nitrogens with one attached hydrogen (secondary N) is 2. The highest BCUT2D eigenvalue weighted by atomic mass is 16.6. The van der Waals surface area contributed by atoms with Crippen molar-refractivity contribution in [3.05, 3.63) is 102 Å². The number of aromatic nitrogens is 1. The molecule has 42 heavy (non-hydrogen) atoms. The number of nitrogens with zero attached hydrogens (tertiary/aromatic N) is 1. The fourth-order valence-corrected chi connectivity index (χ4v) is 4.30. The van der Waals surface area contributed by atoms with Crippen molar-refractivity contribution in [3.8, 4) is 0 Å². The van der Waals surface area contributed by atoms with Crippen LogP contribution in [0.4, 0.5) is 0 Å². The van der Waals surface area contributed by atoms with Crippen LogP contribution in [0.5, 0.6) is 0 Å². The molecular formula is C35H47N3O4. The summed E-state index contributed by atoms with van der Waals surface area (Å²) >= 11 is 0. The average Bonchev–Trinajstić information content (AvgIpc) is 3.74.